The molecule has 1 saturated carbocycles. The zero-order chi connectivity index (χ0) is 13.3. The summed E-state index contributed by atoms with van der Waals surface area (Å²) >= 11 is 0. The molecule has 19 heavy (non-hydrogen) atoms. The molecule has 1 spiro atoms. The Kier molecular flexibility index (Phi) is 3.19. The Labute approximate surface area is 113 Å². The Morgan fingerprint density at radius 2 is 2.16 bits per heavy atom. The number of hydrogen-bond acceptors (Lipinski definition) is 3. The number of carbonyl (C=O) groups excluding carboxylic acids is 1. The molecule has 2 atom stereocenters. The summed E-state index contributed by atoms with van der Waals surface area (Å²) in [6, 6.07) is 9.67. The van der Waals surface area contributed by atoms with E-state index in [0.717, 1.165) is 24.8 Å². The number of hydrogen-bond donors (Lipinski definition) is 1. The van der Waals surface area contributed by atoms with Gasteiger partial charge < -0.3 is 14.7 Å². The Bertz CT molecular complexity index is 462. The number of rotatable bonds is 2. The number of aliphatic hydroxyl groups is 1. The average Bonchev–Trinajstić information content (AvgIpc) is 2.92. The molecule has 0 bridgehead atoms. The molecule has 1 heterocycles. The number of likely N-dealkylation sites (tertiary alicyclic amines) is 1. The van der Waals surface area contributed by atoms with Gasteiger partial charge >= 0.3 is 6.09 Å². The van der Waals surface area contributed by atoms with E-state index in [1.165, 1.54) is 0 Å². The summed E-state index contributed by atoms with van der Waals surface area (Å²) < 4.78 is 5.31. The molecule has 102 valence electrons. The van der Waals surface area contributed by atoms with Gasteiger partial charge in [-0.15, -0.1) is 0 Å². The van der Waals surface area contributed by atoms with E-state index < -0.39 is 0 Å². The molecular weight excluding hydrogens is 242 g/mol. The third-order valence-electron chi connectivity index (χ3n) is 4.47. The molecule has 0 unspecified atom stereocenters. The predicted octanol–water partition coefficient (Wildman–Crippen LogP) is 2.17. The molecule has 2 aliphatic rings. The van der Waals surface area contributed by atoms with Gasteiger partial charge in [0.15, 0.2) is 0 Å². The van der Waals surface area contributed by atoms with Crippen LogP contribution < -0.4 is 0 Å². The van der Waals surface area contributed by atoms with Gasteiger partial charge in [0.25, 0.3) is 0 Å². The summed E-state index contributed by atoms with van der Waals surface area (Å²) in [5.41, 5.74) is 0.958. The van der Waals surface area contributed by atoms with Crippen molar-refractivity contribution in [2.24, 2.45) is 5.41 Å². The molecule has 1 saturated heterocycles. The highest BCUT2D eigenvalue weighted by Crippen LogP contribution is 2.48. The van der Waals surface area contributed by atoms with E-state index in [0.29, 0.717) is 19.7 Å². The van der Waals surface area contributed by atoms with Crippen LogP contribution in [0.3, 0.4) is 0 Å². The van der Waals surface area contributed by atoms with Crippen molar-refractivity contribution in [2.45, 2.75) is 32.0 Å². The summed E-state index contributed by atoms with van der Waals surface area (Å²) in [7, 11) is 0. The smallest absolute Gasteiger partial charge is 0.410 e. The second-order valence-corrected chi connectivity index (χ2v) is 5.63. The second-order valence-electron chi connectivity index (χ2n) is 5.63. The Balaban J connectivity index is 1.52. The molecule has 1 aliphatic carbocycles. The molecule has 2 fully saturated rings. The van der Waals surface area contributed by atoms with Gasteiger partial charge in [-0.25, -0.2) is 4.79 Å². The first-order valence-corrected chi connectivity index (χ1v) is 6.83. The summed E-state index contributed by atoms with van der Waals surface area (Å²) in [5, 5.41) is 9.83. The van der Waals surface area contributed by atoms with Crippen LogP contribution in [-0.4, -0.2) is 35.3 Å². The van der Waals surface area contributed by atoms with Gasteiger partial charge in [0.1, 0.15) is 6.61 Å². The number of aliphatic hydroxyl groups excluding tert-OH is 1. The van der Waals surface area contributed by atoms with Crippen LogP contribution in [0.5, 0.6) is 0 Å². The minimum absolute atomic E-state index is 0.0359. The van der Waals surface area contributed by atoms with Gasteiger partial charge in [-0.05, 0) is 24.8 Å². The SMILES string of the molecule is O=C(OCc1ccccc1)N1CC[C@@]2(CC[C@@H]2O)C1. The number of ether oxygens (including phenoxy) is 1. The van der Waals surface area contributed by atoms with Crippen LogP contribution in [0.25, 0.3) is 0 Å². The van der Waals surface area contributed by atoms with Crippen LogP contribution in [-0.2, 0) is 11.3 Å². The summed E-state index contributed by atoms with van der Waals surface area (Å²) in [6.07, 6.45) is 2.29. The summed E-state index contributed by atoms with van der Waals surface area (Å²) in [5.74, 6) is 0. The molecule has 0 radical (unpaired) electrons. The minimum atomic E-state index is -0.264. The van der Waals surface area contributed by atoms with Crippen LogP contribution in [0.4, 0.5) is 4.79 Å². The van der Waals surface area contributed by atoms with Crippen molar-refractivity contribution in [1.82, 2.24) is 4.90 Å². The highest BCUT2D eigenvalue weighted by Gasteiger charge is 2.51. The van der Waals surface area contributed by atoms with Gasteiger partial charge in [-0.2, -0.15) is 0 Å². The number of carbonyl (C=O) groups is 1. The van der Waals surface area contributed by atoms with Gasteiger partial charge in [-0.3, -0.25) is 0 Å². The van der Waals surface area contributed by atoms with Gasteiger partial charge in [0.05, 0.1) is 6.10 Å². The van der Waals surface area contributed by atoms with Gasteiger partial charge in [0.2, 0.25) is 0 Å². The number of amides is 1. The Morgan fingerprint density at radius 3 is 2.74 bits per heavy atom. The predicted molar refractivity (Wildman–Crippen MR) is 70.5 cm³/mol. The first-order chi connectivity index (χ1) is 9.20. The maximum Gasteiger partial charge on any atom is 0.410 e. The fourth-order valence-corrected chi connectivity index (χ4v) is 3.02. The molecule has 1 amide bonds. The lowest BCUT2D eigenvalue weighted by atomic mass is 9.66. The van der Waals surface area contributed by atoms with Crippen molar-refractivity contribution in [3.05, 3.63) is 35.9 Å². The Morgan fingerprint density at radius 1 is 1.37 bits per heavy atom. The highest BCUT2D eigenvalue weighted by atomic mass is 16.6. The van der Waals surface area contributed by atoms with E-state index in [9.17, 15) is 9.90 Å². The monoisotopic (exact) mass is 261 g/mol. The van der Waals surface area contributed by atoms with E-state index in [1.54, 1.807) is 4.90 Å². The number of benzene rings is 1. The highest BCUT2D eigenvalue weighted by molar-refractivity contribution is 5.68. The van der Waals surface area contributed by atoms with E-state index >= 15 is 0 Å². The fraction of sp³-hybridized carbons (Fsp3) is 0.533. The van der Waals surface area contributed by atoms with Crippen molar-refractivity contribution < 1.29 is 14.6 Å². The van der Waals surface area contributed by atoms with E-state index in [-0.39, 0.29) is 17.6 Å². The van der Waals surface area contributed by atoms with Gasteiger partial charge in [-0.1, -0.05) is 30.3 Å². The summed E-state index contributed by atoms with van der Waals surface area (Å²) in [6.45, 7) is 1.65. The van der Waals surface area contributed by atoms with E-state index in [2.05, 4.69) is 0 Å². The topological polar surface area (TPSA) is 49.8 Å². The van der Waals surface area contributed by atoms with Crippen molar-refractivity contribution in [3.8, 4) is 0 Å². The quantitative estimate of drug-likeness (QED) is 0.887. The second kappa shape index (κ2) is 4.85. The molecule has 4 heteroatoms. The Hall–Kier alpha value is -1.55. The lowest BCUT2D eigenvalue weighted by Crippen LogP contribution is -2.47. The maximum atomic E-state index is 12.0. The lowest BCUT2D eigenvalue weighted by molar-refractivity contribution is -0.0560. The van der Waals surface area contributed by atoms with E-state index in [1.807, 2.05) is 30.3 Å². The van der Waals surface area contributed by atoms with Crippen LogP contribution in [0.1, 0.15) is 24.8 Å². The lowest BCUT2D eigenvalue weighted by Gasteiger charge is -2.43. The molecule has 0 aromatic heterocycles. The van der Waals surface area contributed by atoms with E-state index in [4.69, 9.17) is 4.74 Å². The molecule has 3 rings (SSSR count). The van der Waals surface area contributed by atoms with Crippen molar-refractivity contribution >= 4 is 6.09 Å². The largest absolute Gasteiger partial charge is 0.445 e. The van der Waals surface area contributed by atoms with Crippen LogP contribution in [0, 0.1) is 5.41 Å². The molecule has 4 nitrogen and oxygen atoms in total. The van der Waals surface area contributed by atoms with Crippen LogP contribution >= 0.6 is 0 Å². The maximum absolute atomic E-state index is 12.0. The third kappa shape index (κ3) is 2.32. The molecule has 1 N–H and O–H groups in total. The zero-order valence-corrected chi connectivity index (χ0v) is 10.9. The van der Waals surface area contributed by atoms with Crippen LogP contribution in [0.15, 0.2) is 30.3 Å². The molecule has 1 aromatic rings. The van der Waals surface area contributed by atoms with Crippen LogP contribution in [0.2, 0.25) is 0 Å². The average molecular weight is 261 g/mol. The first-order valence-electron chi connectivity index (χ1n) is 6.83. The van der Waals surface area contributed by atoms with Crippen molar-refractivity contribution in [2.75, 3.05) is 13.1 Å². The van der Waals surface area contributed by atoms with Crippen molar-refractivity contribution in [3.63, 3.8) is 0 Å². The molecule has 1 aromatic carbocycles. The summed E-state index contributed by atoms with van der Waals surface area (Å²) in [4.78, 5) is 13.7. The molecule has 1 aliphatic heterocycles. The van der Waals surface area contributed by atoms with Gasteiger partial charge in [0, 0.05) is 18.5 Å². The standard InChI is InChI=1S/C15H19NO3/c17-13-6-7-15(13)8-9-16(11-15)14(18)19-10-12-4-2-1-3-5-12/h1-5,13,17H,6-11H2/t13-,15-/m0/s1. The first kappa shape index (κ1) is 12.5. The molecular formula is C15H19NO3. The zero-order valence-electron chi connectivity index (χ0n) is 10.9. The normalized spacial score (nSPS) is 29.3. The number of nitrogens with zero attached hydrogens (tertiary/aromatic N) is 1. The fourth-order valence-electron chi connectivity index (χ4n) is 3.02. The minimum Gasteiger partial charge on any atom is -0.445 e. The van der Waals surface area contributed by atoms with Crippen molar-refractivity contribution in [1.29, 1.82) is 0 Å². The third-order valence-corrected chi connectivity index (χ3v) is 4.47.